The zero-order valence-corrected chi connectivity index (χ0v) is 16.2. The molecule has 0 unspecified atom stereocenters. The highest BCUT2D eigenvalue weighted by molar-refractivity contribution is 5.92. The van der Waals surface area contributed by atoms with E-state index in [2.05, 4.69) is 55.3 Å². The topological polar surface area (TPSA) is 62.9 Å². The van der Waals surface area contributed by atoms with Crippen molar-refractivity contribution in [3.63, 3.8) is 0 Å². The Hall–Kier alpha value is -2.53. The van der Waals surface area contributed by atoms with E-state index in [0.29, 0.717) is 12.5 Å². The highest BCUT2D eigenvalue weighted by Gasteiger charge is 2.00. The number of aryl methyl sites for hydroxylation is 2. The van der Waals surface area contributed by atoms with Gasteiger partial charge in [0.2, 0.25) is 0 Å². The highest BCUT2D eigenvalue weighted by Crippen LogP contribution is 2.15. The predicted octanol–water partition coefficient (Wildman–Crippen LogP) is 3.56. The van der Waals surface area contributed by atoms with Crippen molar-refractivity contribution in [2.45, 2.75) is 26.8 Å². The van der Waals surface area contributed by atoms with Crippen LogP contribution in [0.1, 0.15) is 23.1 Å². The van der Waals surface area contributed by atoms with Gasteiger partial charge in [-0.25, -0.2) is 4.99 Å². The minimum Gasteiger partial charge on any atom is -0.494 e. The summed E-state index contributed by atoms with van der Waals surface area (Å²) in [5.74, 6) is 1.30. The Morgan fingerprint density at radius 3 is 2.46 bits per heavy atom. The highest BCUT2D eigenvalue weighted by atomic mass is 16.5. The molecule has 3 N–H and O–H groups in total. The second-order valence-corrected chi connectivity index (χ2v) is 6.77. The molecule has 0 heterocycles. The molecule has 0 aromatic heterocycles. The Kier molecular flexibility index (Phi) is 7.48. The number of nitrogens with two attached hydrogens (primary N) is 1. The summed E-state index contributed by atoms with van der Waals surface area (Å²) in [5, 5.41) is 3.13. The minimum atomic E-state index is 0.414. The fraction of sp³-hybridized carbons (Fsp3) is 0.381. The zero-order chi connectivity index (χ0) is 18.9. The molecule has 0 atom stereocenters. The van der Waals surface area contributed by atoms with Crippen LogP contribution in [0.25, 0.3) is 0 Å². The normalized spacial score (nSPS) is 11.7. The van der Waals surface area contributed by atoms with Gasteiger partial charge in [0.1, 0.15) is 5.75 Å². The second kappa shape index (κ2) is 9.82. The van der Waals surface area contributed by atoms with Crippen LogP contribution in [0, 0.1) is 13.8 Å². The van der Waals surface area contributed by atoms with E-state index in [-0.39, 0.29) is 0 Å². The zero-order valence-electron chi connectivity index (χ0n) is 16.2. The summed E-state index contributed by atoms with van der Waals surface area (Å²) >= 11 is 0. The Bertz CT molecular complexity index is 723. The molecule has 0 aliphatic carbocycles. The van der Waals surface area contributed by atoms with E-state index in [1.165, 1.54) is 11.1 Å². The van der Waals surface area contributed by atoms with Crippen LogP contribution in [0.4, 0.5) is 5.69 Å². The first-order valence-electron chi connectivity index (χ1n) is 8.94. The van der Waals surface area contributed by atoms with Crippen LogP contribution in [-0.2, 0) is 6.54 Å². The van der Waals surface area contributed by atoms with Crippen molar-refractivity contribution in [1.29, 1.82) is 0 Å². The third kappa shape index (κ3) is 6.76. The molecular formula is C21H30N4O. The number of hydrogen-bond acceptors (Lipinski definition) is 3. The summed E-state index contributed by atoms with van der Waals surface area (Å²) in [7, 11) is 4.13. The van der Waals surface area contributed by atoms with Crippen molar-refractivity contribution < 1.29 is 4.74 Å². The predicted molar refractivity (Wildman–Crippen MR) is 110 cm³/mol. The number of nitrogens with one attached hydrogen (secondary N) is 1. The van der Waals surface area contributed by atoms with E-state index in [9.17, 15) is 0 Å². The molecule has 5 nitrogen and oxygen atoms in total. The smallest absolute Gasteiger partial charge is 0.193 e. The third-order valence-electron chi connectivity index (χ3n) is 4.15. The molecule has 0 aliphatic rings. The molecule has 0 aliphatic heterocycles. The van der Waals surface area contributed by atoms with Gasteiger partial charge in [-0.3, -0.25) is 0 Å². The molecule has 2 aromatic rings. The molecule has 0 fully saturated rings. The van der Waals surface area contributed by atoms with Gasteiger partial charge in [0.25, 0.3) is 0 Å². The van der Waals surface area contributed by atoms with Gasteiger partial charge in [-0.1, -0.05) is 18.2 Å². The monoisotopic (exact) mass is 354 g/mol. The number of benzene rings is 2. The largest absolute Gasteiger partial charge is 0.494 e. The van der Waals surface area contributed by atoms with Crippen molar-refractivity contribution in [2.24, 2.45) is 10.7 Å². The minimum absolute atomic E-state index is 0.414. The SMILES string of the molecule is Cc1ccc(NC(N)=NCc2ccc(OCCCN(C)C)cc2)cc1C. The van der Waals surface area contributed by atoms with Crippen LogP contribution in [-0.4, -0.2) is 38.1 Å². The molecule has 0 bridgehead atoms. The summed E-state index contributed by atoms with van der Waals surface area (Å²) in [5.41, 5.74) is 10.5. The van der Waals surface area contributed by atoms with E-state index >= 15 is 0 Å². The van der Waals surface area contributed by atoms with Crippen LogP contribution in [0.15, 0.2) is 47.5 Å². The molecule has 0 radical (unpaired) electrons. The Balaban J connectivity index is 1.82. The molecule has 2 aromatic carbocycles. The van der Waals surface area contributed by atoms with Crippen LogP contribution in [0.3, 0.4) is 0 Å². The van der Waals surface area contributed by atoms with Crippen molar-refractivity contribution in [1.82, 2.24) is 4.90 Å². The molecule has 2 rings (SSSR count). The van der Waals surface area contributed by atoms with Crippen molar-refractivity contribution in [3.05, 3.63) is 59.2 Å². The lowest BCUT2D eigenvalue weighted by Crippen LogP contribution is -2.22. The second-order valence-electron chi connectivity index (χ2n) is 6.77. The van der Waals surface area contributed by atoms with E-state index in [1.54, 1.807) is 0 Å². The van der Waals surface area contributed by atoms with E-state index in [0.717, 1.165) is 36.6 Å². The lowest BCUT2D eigenvalue weighted by Gasteiger charge is -2.10. The van der Waals surface area contributed by atoms with Gasteiger partial charge in [-0.15, -0.1) is 0 Å². The summed E-state index contributed by atoms with van der Waals surface area (Å²) in [6, 6.07) is 14.2. The fourth-order valence-corrected chi connectivity index (χ4v) is 2.44. The van der Waals surface area contributed by atoms with E-state index in [4.69, 9.17) is 10.5 Å². The van der Waals surface area contributed by atoms with Gasteiger partial charge >= 0.3 is 0 Å². The van der Waals surface area contributed by atoms with Crippen molar-refractivity contribution in [2.75, 3.05) is 32.6 Å². The first kappa shape index (κ1) is 19.8. The molecule has 0 saturated heterocycles. The first-order valence-corrected chi connectivity index (χ1v) is 8.94. The summed E-state index contributed by atoms with van der Waals surface area (Å²) in [6.45, 7) is 6.46. The van der Waals surface area contributed by atoms with Crippen LogP contribution in [0.5, 0.6) is 5.75 Å². The maximum Gasteiger partial charge on any atom is 0.193 e. The van der Waals surface area contributed by atoms with Crippen molar-refractivity contribution >= 4 is 11.6 Å². The number of nitrogens with zero attached hydrogens (tertiary/aromatic N) is 2. The number of rotatable bonds is 8. The van der Waals surface area contributed by atoms with Gasteiger partial charge in [0.15, 0.2) is 5.96 Å². The summed E-state index contributed by atoms with van der Waals surface area (Å²) < 4.78 is 5.74. The third-order valence-corrected chi connectivity index (χ3v) is 4.15. The Morgan fingerprint density at radius 1 is 1.08 bits per heavy atom. The summed E-state index contributed by atoms with van der Waals surface area (Å²) in [4.78, 5) is 6.56. The number of ether oxygens (including phenoxy) is 1. The molecule has 0 spiro atoms. The average molecular weight is 354 g/mol. The quantitative estimate of drug-likeness (QED) is 0.432. The van der Waals surface area contributed by atoms with Crippen molar-refractivity contribution in [3.8, 4) is 5.75 Å². The number of guanidine groups is 1. The van der Waals surface area contributed by atoms with Gasteiger partial charge < -0.3 is 20.7 Å². The number of anilines is 1. The van der Waals surface area contributed by atoms with E-state index < -0.39 is 0 Å². The Labute approximate surface area is 156 Å². The molecule has 5 heteroatoms. The lowest BCUT2D eigenvalue weighted by molar-refractivity contribution is 0.281. The lowest BCUT2D eigenvalue weighted by atomic mass is 10.1. The number of aliphatic imine (C=N–C) groups is 1. The summed E-state index contributed by atoms with van der Waals surface area (Å²) in [6.07, 6.45) is 1.01. The van der Waals surface area contributed by atoms with Gasteiger partial charge in [-0.05, 0) is 75.3 Å². The van der Waals surface area contributed by atoms with Crippen LogP contribution < -0.4 is 15.8 Å². The Morgan fingerprint density at radius 2 is 1.81 bits per heavy atom. The molecular weight excluding hydrogens is 324 g/mol. The molecule has 0 saturated carbocycles. The van der Waals surface area contributed by atoms with Crippen LogP contribution in [0.2, 0.25) is 0 Å². The first-order chi connectivity index (χ1) is 12.4. The van der Waals surface area contributed by atoms with Crippen LogP contribution >= 0.6 is 0 Å². The molecule has 140 valence electrons. The molecule has 0 amide bonds. The standard InChI is InChI=1S/C21H30N4O/c1-16-6-9-19(14-17(16)2)24-21(22)23-15-18-7-10-20(11-8-18)26-13-5-12-25(3)4/h6-11,14H,5,12-13,15H2,1-4H3,(H3,22,23,24). The average Bonchev–Trinajstić information content (AvgIpc) is 2.61. The fourth-order valence-electron chi connectivity index (χ4n) is 2.44. The van der Waals surface area contributed by atoms with E-state index in [1.807, 2.05) is 30.3 Å². The maximum absolute atomic E-state index is 5.99. The maximum atomic E-state index is 5.99. The molecule has 26 heavy (non-hydrogen) atoms. The van der Waals surface area contributed by atoms with Gasteiger partial charge in [0.05, 0.1) is 13.2 Å². The van der Waals surface area contributed by atoms with Gasteiger partial charge in [-0.2, -0.15) is 0 Å². The number of hydrogen-bond donors (Lipinski definition) is 2. The van der Waals surface area contributed by atoms with Gasteiger partial charge in [0, 0.05) is 12.2 Å².